The molecule has 0 fully saturated rings. The van der Waals surface area contributed by atoms with Crippen LogP contribution in [0.3, 0.4) is 0 Å². The van der Waals surface area contributed by atoms with Crippen LogP contribution in [0.2, 0.25) is 0 Å². The molecule has 1 heterocycles. The van der Waals surface area contributed by atoms with Crippen molar-refractivity contribution in [1.82, 2.24) is 10.2 Å². The summed E-state index contributed by atoms with van der Waals surface area (Å²) in [6.45, 7) is 0.289. The smallest absolute Gasteiger partial charge is 0.337 e. The summed E-state index contributed by atoms with van der Waals surface area (Å²) >= 11 is 0. The quantitative estimate of drug-likeness (QED) is 0.646. The standard InChI is InChI=1S/C8H7N3O2/c1-2-3-9-7-4-6(8(12)13)5-10-11-7/h1,4-5H,3H2,(H,9,11)(H,12,13). The molecule has 2 N–H and O–H groups in total. The summed E-state index contributed by atoms with van der Waals surface area (Å²) in [7, 11) is 0. The van der Waals surface area contributed by atoms with Crippen molar-refractivity contribution >= 4 is 11.8 Å². The van der Waals surface area contributed by atoms with Crippen LogP contribution in [0.1, 0.15) is 10.4 Å². The molecule has 0 aliphatic carbocycles. The summed E-state index contributed by atoms with van der Waals surface area (Å²) in [6, 6.07) is 1.37. The summed E-state index contributed by atoms with van der Waals surface area (Å²) in [4.78, 5) is 10.5. The normalized spacial score (nSPS) is 8.85. The molecular formula is C8H7N3O2. The van der Waals surface area contributed by atoms with Gasteiger partial charge in [0, 0.05) is 0 Å². The van der Waals surface area contributed by atoms with Crippen molar-refractivity contribution in [2.24, 2.45) is 0 Å². The molecule has 66 valence electrons. The molecule has 0 bridgehead atoms. The van der Waals surface area contributed by atoms with E-state index in [-0.39, 0.29) is 12.1 Å². The maximum Gasteiger partial charge on any atom is 0.337 e. The monoisotopic (exact) mass is 177 g/mol. The van der Waals surface area contributed by atoms with Gasteiger partial charge in [0.15, 0.2) is 0 Å². The fourth-order valence-corrected chi connectivity index (χ4v) is 0.712. The average molecular weight is 177 g/mol. The highest BCUT2D eigenvalue weighted by Crippen LogP contribution is 2.03. The Hall–Kier alpha value is -2.09. The van der Waals surface area contributed by atoms with Crippen molar-refractivity contribution in [3.8, 4) is 12.3 Å². The van der Waals surface area contributed by atoms with Gasteiger partial charge in [-0.15, -0.1) is 11.5 Å². The first-order chi connectivity index (χ1) is 6.24. The number of hydrogen-bond acceptors (Lipinski definition) is 4. The molecule has 0 amide bonds. The highest BCUT2D eigenvalue weighted by atomic mass is 16.4. The Labute approximate surface area is 74.8 Å². The van der Waals surface area contributed by atoms with Gasteiger partial charge in [0.25, 0.3) is 0 Å². The minimum Gasteiger partial charge on any atom is -0.478 e. The van der Waals surface area contributed by atoms with Crippen molar-refractivity contribution in [1.29, 1.82) is 0 Å². The summed E-state index contributed by atoms with van der Waals surface area (Å²) in [6.07, 6.45) is 6.17. The zero-order valence-electron chi connectivity index (χ0n) is 6.69. The van der Waals surface area contributed by atoms with Gasteiger partial charge in [-0.05, 0) is 6.07 Å². The van der Waals surface area contributed by atoms with E-state index in [1.165, 1.54) is 12.3 Å². The lowest BCUT2D eigenvalue weighted by atomic mass is 10.3. The number of aromatic nitrogens is 2. The largest absolute Gasteiger partial charge is 0.478 e. The van der Waals surface area contributed by atoms with E-state index in [0.717, 1.165) is 0 Å². The number of rotatable bonds is 3. The van der Waals surface area contributed by atoms with E-state index in [9.17, 15) is 4.79 Å². The Morgan fingerprint density at radius 1 is 1.77 bits per heavy atom. The van der Waals surface area contributed by atoms with Gasteiger partial charge in [-0.2, -0.15) is 5.10 Å². The van der Waals surface area contributed by atoms with Gasteiger partial charge in [0.1, 0.15) is 5.82 Å². The fraction of sp³-hybridized carbons (Fsp3) is 0.125. The van der Waals surface area contributed by atoms with E-state index in [1.807, 2.05) is 0 Å². The number of terminal acetylenes is 1. The minimum atomic E-state index is -1.04. The lowest BCUT2D eigenvalue weighted by molar-refractivity contribution is 0.0696. The van der Waals surface area contributed by atoms with Crippen molar-refractivity contribution in [3.05, 3.63) is 17.8 Å². The molecule has 0 radical (unpaired) electrons. The molecule has 0 spiro atoms. The van der Waals surface area contributed by atoms with E-state index < -0.39 is 5.97 Å². The molecule has 0 aromatic carbocycles. The Morgan fingerprint density at radius 3 is 3.15 bits per heavy atom. The zero-order chi connectivity index (χ0) is 9.68. The number of nitrogens with one attached hydrogen (secondary N) is 1. The highest BCUT2D eigenvalue weighted by molar-refractivity contribution is 5.87. The molecule has 5 nitrogen and oxygen atoms in total. The number of hydrogen-bond donors (Lipinski definition) is 2. The number of anilines is 1. The number of carbonyl (C=O) groups is 1. The van der Waals surface area contributed by atoms with Crippen LogP contribution >= 0.6 is 0 Å². The van der Waals surface area contributed by atoms with Crippen LogP contribution in [0.15, 0.2) is 12.3 Å². The number of aromatic carboxylic acids is 1. The third-order valence-electron chi connectivity index (χ3n) is 1.27. The van der Waals surface area contributed by atoms with Crippen LogP contribution < -0.4 is 5.32 Å². The SMILES string of the molecule is C#CCNc1cc(C(=O)O)cnn1. The Kier molecular flexibility index (Phi) is 2.82. The first-order valence-electron chi connectivity index (χ1n) is 3.47. The van der Waals surface area contributed by atoms with Gasteiger partial charge in [0.05, 0.1) is 18.3 Å². The maximum absolute atomic E-state index is 10.5. The zero-order valence-corrected chi connectivity index (χ0v) is 6.69. The van der Waals surface area contributed by atoms with Crippen LogP contribution in [0.5, 0.6) is 0 Å². The topological polar surface area (TPSA) is 75.1 Å². The molecule has 13 heavy (non-hydrogen) atoms. The van der Waals surface area contributed by atoms with E-state index in [0.29, 0.717) is 5.82 Å². The predicted octanol–water partition coefficient (Wildman–Crippen LogP) is 0.220. The second-order valence-electron chi connectivity index (χ2n) is 2.19. The van der Waals surface area contributed by atoms with E-state index in [1.54, 1.807) is 0 Å². The van der Waals surface area contributed by atoms with Gasteiger partial charge in [-0.25, -0.2) is 4.79 Å². The number of carboxylic acids is 1. The lowest BCUT2D eigenvalue weighted by Crippen LogP contribution is -2.05. The summed E-state index contributed by atoms with van der Waals surface area (Å²) < 4.78 is 0. The average Bonchev–Trinajstić information content (AvgIpc) is 2.15. The second-order valence-corrected chi connectivity index (χ2v) is 2.19. The molecule has 1 rings (SSSR count). The summed E-state index contributed by atoms with van der Waals surface area (Å²) in [5, 5.41) is 18.5. The Morgan fingerprint density at radius 2 is 2.54 bits per heavy atom. The van der Waals surface area contributed by atoms with Gasteiger partial charge >= 0.3 is 5.97 Å². The molecule has 0 atom stereocenters. The fourth-order valence-electron chi connectivity index (χ4n) is 0.712. The van der Waals surface area contributed by atoms with E-state index in [2.05, 4.69) is 21.4 Å². The minimum absolute atomic E-state index is 0.0783. The Bertz CT molecular complexity index is 357. The molecule has 1 aromatic heterocycles. The molecule has 0 unspecified atom stereocenters. The van der Waals surface area contributed by atoms with Crippen molar-refractivity contribution in [2.45, 2.75) is 0 Å². The summed E-state index contributed by atoms with van der Waals surface area (Å²) in [5.41, 5.74) is 0.0783. The first-order valence-corrected chi connectivity index (χ1v) is 3.47. The lowest BCUT2D eigenvalue weighted by Gasteiger charge is -1.99. The van der Waals surface area contributed by atoms with Crippen LogP contribution in [-0.2, 0) is 0 Å². The molecule has 5 heteroatoms. The number of nitrogens with zero attached hydrogens (tertiary/aromatic N) is 2. The van der Waals surface area contributed by atoms with Gasteiger partial charge in [0.2, 0.25) is 0 Å². The second kappa shape index (κ2) is 4.07. The van der Waals surface area contributed by atoms with Crippen LogP contribution in [0.25, 0.3) is 0 Å². The molecule has 0 aliphatic rings. The van der Waals surface area contributed by atoms with E-state index >= 15 is 0 Å². The molecule has 0 saturated heterocycles. The predicted molar refractivity (Wildman–Crippen MR) is 46.3 cm³/mol. The molecule has 0 saturated carbocycles. The third-order valence-corrected chi connectivity index (χ3v) is 1.27. The van der Waals surface area contributed by atoms with Crippen LogP contribution in [0, 0.1) is 12.3 Å². The highest BCUT2D eigenvalue weighted by Gasteiger charge is 2.03. The van der Waals surface area contributed by atoms with Gasteiger partial charge < -0.3 is 10.4 Å². The van der Waals surface area contributed by atoms with E-state index in [4.69, 9.17) is 11.5 Å². The third kappa shape index (κ3) is 2.45. The maximum atomic E-state index is 10.5. The van der Waals surface area contributed by atoms with Gasteiger partial charge in [-0.3, -0.25) is 0 Å². The van der Waals surface area contributed by atoms with Crippen LogP contribution in [0.4, 0.5) is 5.82 Å². The molecule has 0 aliphatic heterocycles. The molecular weight excluding hydrogens is 170 g/mol. The van der Waals surface area contributed by atoms with Crippen molar-refractivity contribution < 1.29 is 9.90 Å². The van der Waals surface area contributed by atoms with Crippen molar-refractivity contribution in [3.63, 3.8) is 0 Å². The summed E-state index contributed by atoms with van der Waals surface area (Å²) in [5.74, 6) is 1.65. The Balaban J connectivity index is 2.80. The van der Waals surface area contributed by atoms with Gasteiger partial charge in [-0.1, -0.05) is 5.92 Å². The van der Waals surface area contributed by atoms with Crippen LogP contribution in [-0.4, -0.2) is 27.8 Å². The molecule has 1 aromatic rings. The number of carboxylic acid groups (broad SMARTS) is 1. The first kappa shape index (κ1) is 9.00. The van der Waals surface area contributed by atoms with Crippen molar-refractivity contribution in [2.75, 3.05) is 11.9 Å².